The van der Waals surface area contributed by atoms with E-state index in [4.69, 9.17) is 5.73 Å². The molecule has 0 unspecified atom stereocenters. The molecule has 7 heavy (non-hydrogen) atoms. The highest BCUT2D eigenvalue weighted by Gasteiger charge is 1.64. The molecular weight excluding hydrogens is 110 g/mol. The summed E-state index contributed by atoms with van der Waals surface area (Å²) in [6, 6.07) is 2.32. The Morgan fingerprint density at radius 1 is 1.57 bits per heavy atom. The summed E-state index contributed by atoms with van der Waals surface area (Å²) in [5.41, 5.74) is 4.85. The first kappa shape index (κ1) is 9.82. The average Bonchev–Trinajstić information content (AvgIpc) is 1.61. The SMILES string of the molecule is CCCC#CN.Cl. The summed E-state index contributed by atoms with van der Waals surface area (Å²) in [6.45, 7) is 2.07. The minimum atomic E-state index is 0. The molecule has 0 saturated carbocycles. The van der Waals surface area contributed by atoms with E-state index in [1.165, 1.54) is 0 Å². The van der Waals surface area contributed by atoms with Gasteiger partial charge in [0.15, 0.2) is 0 Å². The van der Waals surface area contributed by atoms with Gasteiger partial charge in [-0.1, -0.05) is 12.8 Å². The lowest BCUT2D eigenvalue weighted by Crippen LogP contribution is -1.75. The third-order valence-corrected chi connectivity index (χ3v) is 0.477. The lowest BCUT2D eigenvalue weighted by atomic mass is 10.4. The molecule has 0 aromatic heterocycles. The first-order chi connectivity index (χ1) is 2.91. The molecule has 0 heterocycles. The molecule has 0 saturated heterocycles. The summed E-state index contributed by atoms with van der Waals surface area (Å²) in [6.07, 6.45) is 2.03. The summed E-state index contributed by atoms with van der Waals surface area (Å²) < 4.78 is 0. The average molecular weight is 120 g/mol. The number of hydrogen-bond acceptors (Lipinski definition) is 1. The first-order valence-electron chi connectivity index (χ1n) is 2.10. The van der Waals surface area contributed by atoms with Crippen molar-refractivity contribution in [3.05, 3.63) is 0 Å². The van der Waals surface area contributed by atoms with Gasteiger partial charge in [0.25, 0.3) is 0 Å². The van der Waals surface area contributed by atoms with E-state index in [1.807, 2.05) is 0 Å². The van der Waals surface area contributed by atoms with Gasteiger partial charge in [0.05, 0.1) is 0 Å². The van der Waals surface area contributed by atoms with E-state index < -0.39 is 0 Å². The van der Waals surface area contributed by atoms with Crippen molar-refractivity contribution in [1.29, 1.82) is 0 Å². The van der Waals surface area contributed by atoms with Crippen LogP contribution < -0.4 is 5.73 Å². The van der Waals surface area contributed by atoms with Crippen LogP contribution >= 0.6 is 12.4 Å². The van der Waals surface area contributed by atoms with Gasteiger partial charge < -0.3 is 5.73 Å². The number of hydrogen-bond donors (Lipinski definition) is 1. The number of halogens is 1. The quantitative estimate of drug-likeness (QED) is 0.407. The maximum absolute atomic E-state index is 4.85. The summed E-state index contributed by atoms with van der Waals surface area (Å²) in [7, 11) is 0. The van der Waals surface area contributed by atoms with E-state index in [0.717, 1.165) is 12.8 Å². The Hall–Kier alpha value is -0.350. The van der Waals surface area contributed by atoms with E-state index >= 15 is 0 Å². The molecule has 0 radical (unpaired) electrons. The van der Waals surface area contributed by atoms with Crippen molar-refractivity contribution in [1.82, 2.24) is 0 Å². The number of rotatable bonds is 1. The Labute approximate surface area is 50.7 Å². The smallest absolute Gasteiger partial charge is 0.0104 e. The molecule has 0 amide bonds. The third-order valence-electron chi connectivity index (χ3n) is 0.477. The van der Waals surface area contributed by atoms with Crippen molar-refractivity contribution in [2.24, 2.45) is 5.73 Å². The van der Waals surface area contributed by atoms with Crippen molar-refractivity contribution in [2.75, 3.05) is 0 Å². The summed E-state index contributed by atoms with van der Waals surface area (Å²) in [5, 5.41) is 0. The lowest BCUT2D eigenvalue weighted by molar-refractivity contribution is 0.982. The summed E-state index contributed by atoms with van der Waals surface area (Å²) in [5.74, 6) is 2.73. The van der Waals surface area contributed by atoms with Gasteiger partial charge in [-0.15, -0.1) is 12.4 Å². The van der Waals surface area contributed by atoms with Gasteiger partial charge in [-0.05, 0) is 6.42 Å². The molecule has 0 rings (SSSR count). The van der Waals surface area contributed by atoms with Crippen molar-refractivity contribution in [3.63, 3.8) is 0 Å². The van der Waals surface area contributed by atoms with Gasteiger partial charge in [-0.25, -0.2) is 0 Å². The second kappa shape index (κ2) is 9.17. The van der Waals surface area contributed by atoms with Crippen LogP contribution in [0.5, 0.6) is 0 Å². The highest BCUT2D eigenvalue weighted by molar-refractivity contribution is 5.85. The second-order valence-corrected chi connectivity index (χ2v) is 1.07. The molecule has 0 atom stereocenters. The van der Waals surface area contributed by atoms with E-state index in [2.05, 4.69) is 18.9 Å². The summed E-state index contributed by atoms with van der Waals surface area (Å²) in [4.78, 5) is 0. The highest BCUT2D eigenvalue weighted by Crippen LogP contribution is 1.78. The zero-order chi connectivity index (χ0) is 4.83. The topological polar surface area (TPSA) is 26.0 Å². The summed E-state index contributed by atoms with van der Waals surface area (Å²) >= 11 is 0. The van der Waals surface area contributed by atoms with Gasteiger partial charge in [0, 0.05) is 12.5 Å². The molecule has 0 aromatic rings. The maximum Gasteiger partial charge on any atom is 0.0104 e. The van der Waals surface area contributed by atoms with Crippen molar-refractivity contribution >= 4 is 12.4 Å². The molecule has 0 bridgehead atoms. The Morgan fingerprint density at radius 3 is 2.29 bits per heavy atom. The largest absolute Gasteiger partial charge is 0.359 e. The Kier molecular flexibility index (Phi) is 12.9. The fraction of sp³-hybridized carbons (Fsp3) is 0.600. The van der Waals surface area contributed by atoms with Crippen molar-refractivity contribution in [2.45, 2.75) is 19.8 Å². The lowest BCUT2D eigenvalue weighted by Gasteiger charge is -1.71. The van der Waals surface area contributed by atoms with Gasteiger partial charge in [0.2, 0.25) is 0 Å². The highest BCUT2D eigenvalue weighted by atomic mass is 35.5. The third kappa shape index (κ3) is 10.7. The van der Waals surface area contributed by atoms with Gasteiger partial charge in [-0.2, -0.15) is 0 Å². The van der Waals surface area contributed by atoms with Crippen LogP contribution in [0.3, 0.4) is 0 Å². The molecule has 0 aliphatic rings. The molecule has 2 heteroatoms. The number of unbranched alkanes of at least 4 members (excludes halogenated alkanes) is 1. The first-order valence-corrected chi connectivity index (χ1v) is 2.10. The fourth-order valence-electron chi connectivity index (χ4n) is 0.197. The molecule has 2 N–H and O–H groups in total. The molecular formula is C5H10ClN. The van der Waals surface area contributed by atoms with Crippen LogP contribution in [0.2, 0.25) is 0 Å². The molecule has 0 aliphatic heterocycles. The zero-order valence-corrected chi connectivity index (χ0v) is 5.22. The fourth-order valence-corrected chi connectivity index (χ4v) is 0.197. The maximum atomic E-state index is 4.85. The van der Waals surface area contributed by atoms with Crippen LogP contribution in [0, 0.1) is 12.0 Å². The molecule has 0 aromatic carbocycles. The predicted octanol–water partition coefficient (Wildman–Crippen LogP) is 1.13. The van der Waals surface area contributed by atoms with Gasteiger partial charge >= 0.3 is 0 Å². The van der Waals surface area contributed by atoms with Crippen LogP contribution in [-0.4, -0.2) is 0 Å². The monoisotopic (exact) mass is 119 g/mol. The standard InChI is InChI=1S/C5H9N.ClH/c1-2-3-4-5-6;/h2-3,6H2,1H3;1H. The van der Waals surface area contributed by atoms with Crippen LogP contribution in [-0.2, 0) is 0 Å². The van der Waals surface area contributed by atoms with E-state index in [9.17, 15) is 0 Å². The normalized spacial score (nSPS) is 5.29. The van der Waals surface area contributed by atoms with Crippen LogP contribution in [0.1, 0.15) is 19.8 Å². The molecule has 42 valence electrons. The molecule has 0 fully saturated rings. The van der Waals surface area contributed by atoms with Crippen molar-refractivity contribution < 1.29 is 0 Å². The molecule has 1 nitrogen and oxygen atoms in total. The minimum absolute atomic E-state index is 0. The predicted molar refractivity (Wildman–Crippen MR) is 34.1 cm³/mol. The molecule has 0 spiro atoms. The van der Waals surface area contributed by atoms with Crippen LogP contribution in [0.4, 0.5) is 0 Å². The van der Waals surface area contributed by atoms with Crippen molar-refractivity contribution in [3.8, 4) is 12.0 Å². The van der Waals surface area contributed by atoms with E-state index in [1.54, 1.807) is 0 Å². The molecule has 0 aliphatic carbocycles. The van der Waals surface area contributed by atoms with Crippen LogP contribution in [0.15, 0.2) is 0 Å². The second-order valence-electron chi connectivity index (χ2n) is 1.07. The minimum Gasteiger partial charge on any atom is -0.359 e. The Balaban J connectivity index is 0. The zero-order valence-electron chi connectivity index (χ0n) is 4.40. The Morgan fingerprint density at radius 2 is 2.14 bits per heavy atom. The Bertz CT molecular complexity index is 69.9. The van der Waals surface area contributed by atoms with Gasteiger partial charge in [-0.3, -0.25) is 0 Å². The van der Waals surface area contributed by atoms with Crippen LogP contribution in [0.25, 0.3) is 0 Å². The van der Waals surface area contributed by atoms with Gasteiger partial charge in [0.1, 0.15) is 0 Å². The number of nitrogens with two attached hydrogens (primary N) is 1. The van der Waals surface area contributed by atoms with E-state index in [-0.39, 0.29) is 12.4 Å². The van der Waals surface area contributed by atoms with E-state index in [0.29, 0.717) is 0 Å².